The van der Waals surface area contributed by atoms with E-state index in [-0.39, 0.29) is 11.9 Å². The van der Waals surface area contributed by atoms with Crippen molar-refractivity contribution in [1.29, 1.82) is 0 Å². The first-order valence-electron chi connectivity index (χ1n) is 7.39. The van der Waals surface area contributed by atoms with E-state index >= 15 is 0 Å². The van der Waals surface area contributed by atoms with Crippen molar-refractivity contribution in [3.05, 3.63) is 28.3 Å². The fourth-order valence-electron chi connectivity index (χ4n) is 3.78. The molecular weight excluding hydrogens is 272 g/mol. The van der Waals surface area contributed by atoms with Crippen LogP contribution in [0.15, 0.2) is 12.1 Å². The number of halogens is 1. The molecule has 108 valence electrons. The van der Waals surface area contributed by atoms with Crippen molar-refractivity contribution in [1.82, 2.24) is 5.32 Å². The van der Waals surface area contributed by atoms with Crippen molar-refractivity contribution in [2.45, 2.75) is 38.6 Å². The first-order valence-corrected chi connectivity index (χ1v) is 7.77. The van der Waals surface area contributed by atoms with Gasteiger partial charge in [0, 0.05) is 16.8 Å². The van der Waals surface area contributed by atoms with E-state index in [0.29, 0.717) is 12.3 Å². The third kappa shape index (κ3) is 2.33. The van der Waals surface area contributed by atoms with Crippen LogP contribution in [0, 0.1) is 11.8 Å². The predicted octanol–water partition coefficient (Wildman–Crippen LogP) is 3.53. The maximum atomic E-state index is 11.5. The average molecular weight is 293 g/mol. The molecule has 0 aromatic heterocycles. The number of fused-ring (bicyclic) bond motifs is 1. The molecule has 3 rings (SSSR count). The summed E-state index contributed by atoms with van der Waals surface area (Å²) in [6, 6.07) is 4.30. The van der Waals surface area contributed by atoms with Gasteiger partial charge < -0.3 is 10.6 Å². The highest BCUT2D eigenvalue weighted by Gasteiger charge is 2.33. The molecule has 1 aliphatic heterocycles. The Bertz CT molecular complexity index is 544. The lowest BCUT2D eigenvalue weighted by molar-refractivity contribution is -0.115. The topological polar surface area (TPSA) is 41.1 Å². The van der Waals surface area contributed by atoms with E-state index in [2.05, 4.69) is 23.6 Å². The second-order valence-corrected chi connectivity index (χ2v) is 6.50. The van der Waals surface area contributed by atoms with Gasteiger partial charge in [0.15, 0.2) is 0 Å². The lowest BCUT2D eigenvalue weighted by Gasteiger charge is -2.28. The fraction of sp³-hybridized carbons (Fsp3) is 0.562. The van der Waals surface area contributed by atoms with Crippen molar-refractivity contribution < 1.29 is 4.79 Å². The summed E-state index contributed by atoms with van der Waals surface area (Å²) >= 11 is 6.46. The Labute approximate surface area is 125 Å². The van der Waals surface area contributed by atoms with Gasteiger partial charge in [-0.3, -0.25) is 4.79 Å². The van der Waals surface area contributed by atoms with E-state index in [1.807, 2.05) is 13.1 Å². The first-order chi connectivity index (χ1) is 9.60. The van der Waals surface area contributed by atoms with Crippen LogP contribution in [0.25, 0.3) is 0 Å². The van der Waals surface area contributed by atoms with Gasteiger partial charge in [-0.25, -0.2) is 0 Å². The summed E-state index contributed by atoms with van der Waals surface area (Å²) in [5, 5.41) is 7.06. The van der Waals surface area contributed by atoms with Crippen LogP contribution in [0.2, 0.25) is 5.02 Å². The van der Waals surface area contributed by atoms with Gasteiger partial charge >= 0.3 is 0 Å². The number of benzene rings is 1. The van der Waals surface area contributed by atoms with Crippen molar-refractivity contribution in [2.75, 3.05) is 12.4 Å². The normalized spacial score (nSPS) is 26.4. The number of nitrogens with one attached hydrogen (secondary N) is 2. The Hall–Kier alpha value is -1.06. The average Bonchev–Trinajstić information content (AvgIpc) is 2.96. The zero-order valence-corrected chi connectivity index (χ0v) is 12.8. The van der Waals surface area contributed by atoms with Crippen LogP contribution in [0.4, 0.5) is 5.69 Å². The molecule has 0 spiro atoms. The maximum Gasteiger partial charge on any atom is 0.228 e. The molecule has 1 saturated carbocycles. The smallest absolute Gasteiger partial charge is 0.228 e. The highest BCUT2D eigenvalue weighted by Crippen LogP contribution is 2.43. The Balaban J connectivity index is 1.96. The van der Waals surface area contributed by atoms with E-state index in [1.165, 1.54) is 19.3 Å². The van der Waals surface area contributed by atoms with Crippen molar-refractivity contribution in [3.63, 3.8) is 0 Å². The second kappa shape index (κ2) is 5.38. The molecule has 0 radical (unpaired) electrons. The van der Waals surface area contributed by atoms with Gasteiger partial charge in [0.05, 0.1) is 6.42 Å². The molecule has 0 bridgehead atoms. The molecule has 2 N–H and O–H groups in total. The molecule has 20 heavy (non-hydrogen) atoms. The van der Waals surface area contributed by atoms with Gasteiger partial charge in [-0.2, -0.15) is 0 Å². The number of anilines is 1. The first kappa shape index (κ1) is 13.9. The van der Waals surface area contributed by atoms with Crippen LogP contribution in [0.3, 0.4) is 0 Å². The minimum Gasteiger partial charge on any atom is -0.325 e. The van der Waals surface area contributed by atoms with Crippen LogP contribution in [-0.4, -0.2) is 13.0 Å². The van der Waals surface area contributed by atoms with E-state index in [9.17, 15) is 4.79 Å². The molecule has 1 aliphatic carbocycles. The maximum absolute atomic E-state index is 11.5. The standard InChI is InChI=1S/C16H21ClN2O/c1-9-4-3-5-11(9)16(18-2)12-6-10-7-15(20)19-14(10)8-13(12)17/h6,8-9,11,16,18H,3-5,7H2,1-2H3,(H,19,20). The quantitative estimate of drug-likeness (QED) is 0.895. The molecule has 1 aromatic carbocycles. The van der Waals surface area contributed by atoms with Crippen LogP contribution in [0.1, 0.15) is 43.4 Å². The number of rotatable bonds is 3. The predicted molar refractivity (Wildman–Crippen MR) is 82.1 cm³/mol. The van der Waals surface area contributed by atoms with Gasteiger partial charge in [0.2, 0.25) is 5.91 Å². The summed E-state index contributed by atoms with van der Waals surface area (Å²) in [5.74, 6) is 1.40. The molecule has 1 aromatic rings. The summed E-state index contributed by atoms with van der Waals surface area (Å²) in [6.07, 6.45) is 4.31. The molecule has 3 unspecified atom stereocenters. The minimum absolute atomic E-state index is 0.0588. The fourth-order valence-corrected chi connectivity index (χ4v) is 4.06. The third-order valence-electron chi connectivity index (χ3n) is 4.85. The van der Waals surface area contributed by atoms with Crippen LogP contribution >= 0.6 is 11.6 Å². The highest BCUT2D eigenvalue weighted by atomic mass is 35.5. The third-order valence-corrected chi connectivity index (χ3v) is 5.18. The highest BCUT2D eigenvalue weighted by molar-refractivity contribution is 6.32. The lowest BCUT2D eigenvalue weighted by atomic mass is 9.85. The van der Waals surface area contributed by atoms with Crippen LogP contribution < -0.4 is 10.6 Å². The number of amides is 1. The Morgan fingerprint density at radius 3 is 2.85 bits per heavy atom. The molecule has 3 nitrogen and oxygen atoms in total. The number of carbonyl (C=O) groups excluding carboxylic acids is 1. The van der Waals surface area contributed by atoms with E-state index < -0.39 is 0 Å². The van der Waals surface area contributed by atoms with Crippen molar-refractivity contribution >= 4 is 23.2 Å². The number of carbonyl (C=O) groups is 1. The molecule has 1 amide bonds. The van der Waals surface area contributed by atoms with E-state index in [1.54, 1.807) is 0 Å². The Kier molecular flexibility index (Phi) is 3.74. The van der Waals surface area contributed by atoms with Crippen LogP contribution in [-0.2, 0) is 11.2 Å². The summed E-state index contributed by atoms with van der Waals surface area (Å²) in [4.78, 5) is 11.5. The molecule has 1 fully saturated rings. The number of hydrogen-bond donors (Lipinski definition) is 2. The van der Waals surface area contributed by atoms with Gasteiger partial charge in [0.25, 0.3) is 0 Å². The summed E-state index contributed by atoms with van der Waals surface area (Å²) in [5.41, 5.74) is 3.08. The van der Waals surface area contributed by atoms with Crippen LogP contribution in [0.5, 0.6) is 0 Å². The largest absolute Gasteiger partial charge is 0.325 e. The molecular formula is C16H21ClN2O. The van der Waals surface area contributed by atoms with Gasteiger partial charge in [0.1, 0.15) is 0 Å². The summed E-state index contributed by atoms with van der Waals surface area (Å²) in [6.45, 7) is 2.33. The molecule has 0 saturated heterocycles. The summed E-state index contributed by atoms with van der Waals surface area (Å²) < 4.78 is 0. The van der Waals surface area contributed by atoms with E-state index in [4.69, 9.17) is 11.6 Å². The number of hydrogen-bond acceptors (Lipinski definition) is 2. The Morgan fingerprint density at radius 1 is 1.40 bits per heavy atom. The van der Waals surface area contributed by atoms with Gasteiger partial charge in [-0.15, -0.1) is 0 Å². The van der Waals surface area contributed by atoms with Gasteiger partial charge in [-0.1, -0.05) is 37.4 Å². The van der Waals surface area contributed by atoms with Crippen molar-refractivity contribution in [2.24, 2.45) is 11.8 Å². The molecule has 2 aliphatic rings. The second-order valence-electron chi connectivity index (χ2n) is 6.09. The molecule has 3 atom stereocenters. The Morgan fingerprint density at radius 2 is 2.20 bits per heavy atom. The summed E-state index contributed by atoms with van der Waals surface area (Å²) in [7, 11) is 2.00. The zero-order chi connectivity index (χ0) is 14.3. The zero-order valence-electron chi connectivity index (χ0n) is 12.0. The minimum atomic E-state index is 0.0588. The molecule has 4 heteroatoms. The van der Waals surface area contributed by atoms with Gasteiger partial charge in [-0.05, 0) is 42.5 Å². The van der Waals surface area contributed by atoms with E-state index in [0.717, 1.165) is 27.8 Å². The molecule has 1 heterocycles. The monoisotopic (exact) mass is 292 g/mol. The SMILES string of the molecule is CNC(c1cc2c(cc1Cl)NC(=O)C2)C1CCCC1C. The van der Waals surface area contributed by atoms with Crippen molar-refractivity contribution in [3.8, 4) is 0 Å². The lowest BCUT2D eigenvalue weighted by Crippen LogP contribution is -2.27.